The summed E-state index contributed by atoms with van der Waals surface area (Å²) in [5.74, 6) is 0.461. The molecule has 0 bridgehead atoms. The van der Waals surface area contributed by atoms with Crippen LogP contribution in [0.25, 0.3) is 0 Å². The second-order valence-electron chi connectivity index (χ2n) is 4.65. The molecule has 0 atom stereocenters. The van der Waals surface area contributed by atoms with Crippen LogP contribution < -0.4 is 5.32 Å². The number of rotatable bonds is 6. The van der Waals surface area contributed by atoms with Crippen molar-refractivity contribution in [2.45, 2.75) is 33.6 Å². The number of aromatic amines is 1. The smallest absolute Gasteiger partial charge is 0.267 e. The summed E-state index contributed by atoms with van der Waals surface area (Å²) in [7, 11) is 0. The van der Waals surface area contributed by atoms with Crippen LogP contribution in [0.15, 0.2) is 12.3 Å². The van der Waals surface area contributed by atoms with E-state index in [0.29, 0.717) is 23.7 Å². The van der Waals surface area contributed by atoms with Crippen molar-refractivity contribution in [3.05, 3.63) is 23.5 Å². The molecule has 1 amide bonds. The van der Waals surface area contributed by atoms with Crippen LogP contribution in [0.4, 0.5) is 0 Å². The molecule has 0 fully saturated rings. The SMILES string of the molecule is CC(=O)c1c[nH]c(C(=O)NCCCC(C)C)c1. The molecule has 1 aromatic rings. The van der Waals surface area contributed by atoms with Gasteiger partial charge in [-0.2, -0.15) is 0 Å². The molecule has 0 aromatic carbocycles. The van der Waals surface area contributed by atoms with Crippen LogP contribution in [-0.4, -0.2) is 23.2 Å². The van der Waals surface area contributed by atoms with Crippen LogP contribution in [0.2, 0.25) is 0 Å². The monoisotopic (exact) mass is 236 g/mol. The molecule has 17 heavy (non-hydrogen) atoms. The summed E-state index contributed by atoms with van der Waals surface area (Å²) in [5, 5.41) is 2.83. The quantitative estimate of drug-likeness (QED) is 0.588. The molecule has 4 nitrogen and oxygen atoms in total. The van der Waals surface area contributed by atoms with Gasteiger partial charge in [-0.1, -0.05) is 13.8 Å². The molecular weight excluding hydrogens is 216 g/mol. The number of carbonyl (C=O) groups excluding carboxylic acids is 2. The Balaban J connectivity index is 2.39. The fraction of sp³-hybridized carbons (Fsp3) is 0.538. The lowest BCUT2D eigenvalue weighted by molar-refractivity contribution is 0.0948. The third-order valence-corrected chi connectivity index (χ3v) is 2.58. The number of hydrogen-bond acceptors (Lipinski definition) is 2. The minimum absolute atomic E-state index is 0.0416. The number of nitrogens with one attached hydrogen (secondary N) is 2. The fourth-order valence-electron chi connectivity index (χ4n) is 1.54. The van der Waals surface area contributed by atoms with Gasteiger partial charge in [0.05, 0.1) is 0 Å². The maximum Gasteiger partial charge on any atom is 0.267 e. The average molecular weight is 236 g/mol. The zero-order valence-corrected chi connectivity index (χ0v) is 10.7. The Hall–Kier alpha value is -1.58. The predicted octanol–water partition coefficient (Wildman–Crippen LogP) is 2.38. The van der Waals surface area contributed by atoms with Crippen molar-refractivity contribution in [2.75, 3.05) is 6.54 Å². The van der Waals surface area contributed by atoms with Crippen LogP contribution in [0.3, 0.4) is 0 Å². The van der Waals surface area contributed by atoms with Crippen LogP contribution in [0.1, 0.15) is 54.5 Å². The van der Waals surface area contributed by atoms with E-state index >= 15 is 0 Å². The van der Waals surface area contributed by atoms with Crippen LogP contribution in [0, 0.1) is 5.92 Å². The standard InChI is InChI=1S/C13H20N2O2/c1-9(2)5-4-6-14-13(17)12-7-11(8-15-12)10(3)16/h7-9,15H,4-6H2,1-3H3,(H,14,17). The van der Waals surface area contributed by atoms with Gasteiger partial charge in [0.2, 0.25) is 0 Å². The molecule has 1 rings (SSSR count). The van der Waals surface area contributed by atoms with E-state index in [9.17, 15) is 9.59 Å². The van der Waals surface area contributed by atoms with Gasteiger partial charge in [0.25, 0.3) is 5.91 Å². The largest absolute Gasteiger partial charge is 0.356 e. The van der Waals surface area contributed by atoms with E-state index in [0.717, 1.165) is 12.8 Å². The van der Waals surface area contributed by atoms with Crippen LogP contribution in [0.5, 0.6) is 0 Å². The highest BCUT2D eigenvalue weighted by Gasteiger charge is 2.09. The number of Topliss-reactive ketones (excluding diaryl/α,β-unsaturated/α-hetero) is 1. The third-order valence-electron chi connectivity index (χ3n) is 2.58. The number of H-pyrrole nitrogens is 1. The Bertz CT molecular complexity index is 394. The van der Waals surface area contributed by atoms with Gasteiger partial charge in [-0.15, -0.1) is 0 Å². The summed E-state index contributed by atoms with van der Waals surface area (Å²) in [4.78, 5) is 25.5. The van der Waals surface area contributed by atoms with Gasteiger partial charge in [-0.3, -0.25) is 9.59 Å². The molecule has 0 aliphatic heterocycles. The van der Waals surface area contributed by atoms with Gasteiger partial charge in [0.1, 0.15) is 5.69 Å². The van der Waals surface area contributed by atoms with Gasteiger partial charge in [-0.05, 0) is 31.7 Å². The third kappa shape index (κ3) is 4.43. The highest BCUT2D eigenvalue weighted by atomic mass is 16.2. The topological polar surface area (TPSA) is 62.0 Å². The molecule has 0 saturated heterocycles. The van der Waals surface area contributed by atoms with Crippen molar-refractivity contribution >= 4 is 11.7 Å². The summed E-state index contributed by atoms with van der Waals surface area (Å²) in [6.45, 7) is 6.47. The summed E-state index contributed by atoms with van der Waals surface area (Å²) < 4.78 is 0. The molecular formula is C13H20N2O2. The van der Waals surface area contributed by atoms with Crippen LogP contribution in [-0.2, 0) is 0 Å². The second kappa shape index (κ2) is 6.23. The number of carbonyl (C=O) groups is 2. The molecule has 1 heterocycles. The molecule has 2 N–H and O–H groups in total. The van der Waals surface area contributed by atoms with Gasteiger partial charge in [-0.25, -0.2) is 0 Å². The highest BCUT2D eigenvalue weighted by Crippen LogP contribution is 2.05. The summed E-state index contributed by atoms with van der Waals surface area (Å²) >= 11 is 0. The Kier molecular flexibility index (Phi) is 4.94. The minimum atomic E-state index is -0.152. The first-order chi connectivity index (χ1) is 8.00. The van der Waals surface area contributed by atoms with Crippen molar-refractivity contribution < 1.29 is 9.59 Å². The lowest BCUT2D eigenvalue weighted by Crippen LogP contribution is -2.24. The zero-order valence-electron chi connectivity index (χ0n) is 10.7. The van der Waals surface area contributed by atoms with Crippen molar-refractivity contribution in [3.63, 3.8) is 0 Å². The van der Waals surface area contributed by atoms with Crippen molar-refractivity contribution in [3.8, 4) is 0 Å². The number of amides is 1. The summed E-state index contributed by atoms with van der Waals surface area (Å²) in [6, 6.07) is 1.58. The lowest BCUT2D eigenvalue weighted by atomic mass is 10.1. The minimum Gasteiger partial charge on any atom is -0.356 e. The number of aromatic nitrogens is 1. The van der Waals surface area contributed by atoms with Crippen molar-refractivity contribution in [1.82, 2.24) is 10.3 Å². The molecule has 0 aliphatic carbocycles. The first-order valence-corrected chi connectivity index (χ1v) is 5.98. The van der Waals surface area contributed by atoms with Crippen molar-refractivity contribution in [2.24, 2.45) is 5.92 Å². The summed E-state index contributed by atoms with van der Waals surface area (Å²) in [5.41, 5.74) is 0.983. The number of ketones is 1. The molecule has 0 spiro atoms. The van der Waals surface area contributed by atoms with E-state index in [2.05, 4.69) is 24.1 Å². The molecule has 94 valence electrons. The lowest BCUT2D eigenvalue weighted by Gasteiger charge is -2.05. The maximum absolute atomic E-state index is 11.7. The Morgan fingerprint density at radius 3 is 2.65 bits per heavy atom. The zero-order chi connectivity index (χ0) is 12.8. The Morgan fingerprint density at radius 2 is 2.12 bits per heavy atom. The van der Waals surface area contributed by atoms with Gasteiger partial charge in [0, 0.05) is 18.3 Å². The van der Waals surface area contributed by atoms with Gasteiger partial charge >= 0.3 is 0 Å². The predicted molar refractivity (Wildman–Crippen MR) is 67.2 cm³/mol. The molecule has 0 radical (unpaired) electrons. The molecule has 0 aliphatic rings. The first-order valence-electron chi connectivity index (χ1n) is 5.98. The van der Waals surface area contributed by atoms with Gasteiger partial charge in [0.15, 0.2) is 5.78 Å². The number of hydrogen-bond donors (Lipinski definition) is 2. The van der Waals surface area contributed by atoms with E-state index in [1.54, 1.807) is 12.3 Å². The fourth-order valence-corrected chi connectivity index (χ4v) is 1.54. The normalized spacial score (nSPS) is 10.6. The average Bonchev–Trinajstić information content (AvgIpc) is 2.73. The second-order valence-corrected chi connectivity index (χ2v) is 4.65. The van der Waals surface area contributed by atoms with E-state index in [4.69, 9.17) is 0 Å². The van der Waals surface area contributed by atoms with Gasteiger partial charge < -0.3 is 10.3 Å². The molecule has 0 unspecified atom stereocenters. The van der Waals surface area contributed by atoms with E-state index in [1.807, 2.05) is 0 Å². The Morgan fingerprint density at radius 1 is 1.41 bits per heavy atom. The van der Waals surface area contributed by atoms with Crippen molar-refractivity contribution in [1.29, 1.82) is 0 Å². The highest BCUT2D eigenvalue weighted by molar-refractivity contribution is 5.98. The molecule has 4 heteroatoms. The van der Waals surface area contributed by atoms with E-state index < -0.39 is 0 Å². The van der Waals surface area contributed by atoms with E-state index in [1.165, 1.54) is 6.92 Å². The summed E-state index contributed by atoms with van der Waals surface area (Å²) in [6.07, 6.45) is 3.64. The van der Waals surface area contributed by atoms with E-state index in [-0.39, 0.29) is 11.7 Å². The van der Waals surface area contributed by atoms with Crippen LogP contribution >= 0.6 is 0 Å². The molecule has 0 saturated carbocycles. The Labute approximate surface area is 102 Å². The molecule has 1 aromatic heterocycles. The maximum atomic E-state index is 11.7. The first kappa shape index (κ1) is 13.5.